The highest BCUT2D eigenvalue weighted by Gasteiger charge is 2.48. The van der Waals surface area contributed by atoms with E-state index in [1.54, 1.807) is 4.68 Å². The van der Waals surface area contributed by atoms with Crippen LogP contribution in [-0.2, 0) is 7.05 Å². The highest BCUT2D eigenvalue weighted by Crippen LogP contribution is 2.53. The molecule has 0 spiro atoms. The van der Waals surface area contributed by atoms with Crippen LogP contribution in [0.3, 0.4) is 0 Å². The van der Waals surface area contributed by atoms with Crippen LogP contribution in [0.4, 0.5) is 0 Å². The van der Waals surface area contributed by atoms with E-state index in [1.165, 1.54) is 44.9 Å². The Kier molecular flexibility index (Phi) is 2.74. The van der Waals surface area contributed by atoms with E-state index >= 15 is 0 Å². The number of carbonyl (C=O) groups is 1. The van der Waals surface area contributed by atoms with Crippen molar-refractivity contribution in [3.8, 4) is 0 Å². The van der Waals surface area contributed by atoms with Gasteiger partial charge in [-0.05, 0) is 74.7 Å². The van der Waals surface area contributed by atoms with Gasteiger partial charge in [0.25, 0.3) is 5.91 Å². The SMILES string of the molecule is Cn1nc(C2CC2)cc1C(=O)NC1C2CC3CC(C2)CC1C3. The molecular formula is C18H25N3O. The summed E-state index contributed by atoms with van der Waals surface area (Å²) in [6, 6.07) is 2.43. The summed E-state index contributed by atoms with van der Waals surface area (Å²) in [6.45, 7) is 0. The average molecular weight is 299 g/mol. The molecule has 0 atom stereocenters. The lowest BCUT2D eigenvalue weighted by molar-refractivity contribution is -0.0120. The first-order valence-corrected chi connectivity index (χ1v) is 9.02. The Labute approximate surface area is 131 Å². The lowest BCUT2D eigenvalue weighted by atomic mass is 9.54. The first-order valence-electron chi connectivity index (χ1n) is 9.02. The van der Waals surface area contributed by atoms with Crippen molar-refractivity contribution in [2.45, 2.75) is 56.9 Å². The van der Waals surface area contributed by atoms with Gasteiger partial charge in [-0.2, -0.15) is 5.10 Å². The van der Waals surface area contributed by atoms with Gasteiger partial charge >= 0.3 is 0 Å². The van der Waals surface area contributed by atoms with Gasteiger partial charge in [0, 0.05) is 19.0 Å². The molecule has 1 N–H and O–H groups in total. The lowest BCUT2D eigenvalue weighted by Gasteiger charge is -2.54. The summed E-state index contributed by atoms with van der Waals surface area (Å²) in [5.74, 6) is 4.07. The van der Waals surface area contributed by atoms with E-state index in [2.05, 4.69) is 10.4 Å². The lowest BCUT2D eigenvalue weighted by Crippen LogP contribution is -2.56. The van der Waals surface area contributed by atoms with Crippen molar-refractivity contribution < 1.29 is 4.79 Å². The van der Waals surface area contributed by atoms with Crippen LogP contribution in [-0.4, -0.2) is 21.7 Å². The number of nitrogens with one attached hydrogen (secondary N) is 1. The van der Waals surface area contributed by atoms with Gasteiger partial charge in [-0.3, -0.25) is 9.48 Å². The Morgan fingerprint density at radius 1 is 1.14 bits per heavy atom. The van der Waals surface area contributed by atoms with Gasteiger partial charge < -0.3 is 5.32 Å². The molecule has 1 heterocycles. The van der Waals surface area contributed by atoms with Crippen LogP contribution >= 0.6 is 0 Å². The summed E-state index contributed by atoms with van der Waals surface area (Å²) in [5, 5.41) is 7.93. The van der Waals surface area contributed by atoms with E-state index in [-0.39, 0.29) is 5.91 Å². The van der Waals surface area contributed by atoms with Crippen LogP contribution in [0.15, 0.2) is 6.07 Å². The molecule has 5 fully saturated rings. The molecule has 0 aromatic carbocycles. The molecule has 1 aromatic rings. The van der Waals surface area contributed by atoms with E-state index in [1.807, 2.05) is 13.1 Å². The molecular weight excluding hydrogens is 274 g/mol. The summed E-state index contributed by atoms with van der Waals surface area (Å²) < 4.78 is 1.78. The number of amides is 1. The predicted octanol–water partition coefficient (Wildman–Crippen LogP) is 2.85. The molecule has 6 rings (SSSR count). The third-order valence-corrected chi connectivity index (χ3v) is 6.65. The van der Waals surface area contributed by atoms with Gasteiger partial charge in [0.2, 0.25) is 0 Å². The molecule has 0 aliphatic heterocycles. The summed E-state index contributed by atoms with van der Waals surface area (Å²) in [7, 11) is 1.90. The maximum atomic E-state index is 12.7. The molecule has 22 heavy (non-hydrogen) atoms. The summed E-state index contributed by atoms with van der Waals surface area (Å²) in [6.07, 6.45) is 9.29. The maximum Gasteiger partial charge on any atom is 0.269 e. The predicted molar refractivity (Wildman–Crippen MR) is 83.5 cm³/mol. The van der Waals surface area contributed by atoms with Crippen LogP contribution in [0.5, 0.6) is 0 Å². The normalized spacial score (nSPS) is 39.2. The molecule has 0 radical (unpaired) electrons. The minimum atomic E-state index is 0.0966. The third-order valence-electron chi connectivity index (χ3n) is 6.65. The van der Waals surface area contributed by atoms with Gasteiger partial charge in [0.05, 0.1) is 5.69 Å². The van der Waals surface area contributed by atoms with Crippen molar-refractivity contribution in [2.75, 3.05) is 0 Å². The van der Waals surface area contributed by atoms with Crippen molar-refractivity contribution in [3.05, 3.63) is 17.5 Å². The van der Waals surface area contributed by atoms with Crippen molar-refractivity contribution >= 4 is 5.91 Å². The number of carbonyl (C=O) groups excluding carboxylic acids is 1. The fraction of sp³-hybridized carbons (Fsp3) is 0.778. The van der Waals surface area contributed by atoms with E-state index in [0.717, 1.165) is 35.1 Å². The van der Waals surface area contributed by atoms with Gasteiger partial charge in [-0.25, -0.2) is 0 Å². The summed E-state index contributed by atoms with van der Waals surface area (Å²) >= 11 is 0. The average Bonchev–Trinajstić information content (AvgIpc) is 3.25. The Morgan fingerprint density at radius 2 is 1.77 bits per heavy atom. The number of aryl methyl sites for hydroxylation is 1. The number of hydrogen-bond acceptors (Lipinski definition) is 2. The standard InChI is InChI=1S/C18H25N3O/c1-21-16(9-15(20-21)12-2-3-12)18(22)19-17-13-5-10-4-11(7-13)8-14(17)6-10/h9-14,17H,2-8H2,1H3,(H,19,22). The summed E-state index contributed by atoms with van der Waals surface area (Å²) in [5.41, 5.74) is 1.86. The maximum absolute atomic E-state index is 12.7. The fourth-order valence-corrected chi connectivity index (χ4v) is 5.67. The minimum Gasteiger partial charge on any atom is -0.347 e. The molecule has 0 saturated heterocycles. The zero-order chi connectivity index (χ0) is 14.8. The van der Waals surface area contributed by atoms with E-state index < -0.39 is 0 Å². The van der Waals surface area contributed by atoms with E-state index in [9.17, 15) is 4.79 Å². The topological polar surface area (TPSA) is 46.9 Å². The Hall–Kier alpha value is -1.32. The quantitative estimate of drug-likeness (QED) is 0.933. The van der Waals surface area contributed by atoms with Crippen LogP contribution < -0.4 is 5.32 Å². The molecule has 4 bridgehead atoms. The van der Waals surface area contributed by atoms with Crippen molar-refractivity contribution in [1.82, 2.24) is 15.1 Å². The molecule has 5 saturated carbocycles. The molecule has 4 heteroatoms. The summed E-state index contributed by atoms with van der Waals surface area (Å²) in [4.78, 5) is 12.7. The van der Waals surface area contributed by atoms with Crippen LogP contribution in [0, 0.1) is 23.7 Å². The Morgan fingerprint density at radius 3 is 2.36 bits per heavy atom. The second-order valence-electron chi connectivity index (χ2n) is 8.28. The highest BCUT2D eigenvalue weighted by atomic mass is 16.2. The fourth-order valence-electron chi connectivity index (χ4n) is 5.67. The molecule has 5 aliphatic carbocycles. The van der Waals surface area contributed by atoms with Crippen LogP contribution in [0.25, 0.3) is 0 Å². The van der Waals surface area contributed by atoms with E-state index in [0.29, 0.717) is 12.0 Å². The van der Waals surface area contributed by atoms with Gasteiger partial charge in [-0.1, -0.05) is 0 Å². The van der Waals surface area contributed by atoms with Crippen molar-refractivity contribution in [2.24, 2.45) is 30.7 Å². The number of aromatic nitrogens is 2. The first kappa shape index (κ1) is 13.1. The van der Waals surface area contributed by atoms with Crippen molar-refractivity contribution in [1.29, 1.82) is 0 Å². The highest BCUT2D eigenvalue weighted by molar-refractivity contribution is 5.93. The van der Waals surface area contributed by atoms with Gasteiger partial charge in [0.1, 0.15) is 5.69 Å². The van der Waals surface area contributed by atoms with Crippen LogP contribution in [0.2, 0.25) is 0 Å². The number of nitrogens with zero attached hydrogens (tertiary/aromatic N) is 2. The van der Waals surface area contributed by atoms with Gasteiger partial charge in [-0.15, -0.1) is 0 Å². The van der Waals surface area contributed by atoms with E-state index in [4.69, 9.17) is 0 Å². The second-order valence-corrected chi connectivity index (χ2v) is 8.28. The molecule has 4 nitrogen and oxygen atoms in total. The van der Waals surface area contributed by atoms with Gasteiger partial charge in [0.15, 0.2) is 0 Å². The zero-order valence-corrected chi connectivity index (χ0v) is 13.3. The smallest absolute Gasteiger partial charge is 0.269 e. The second kappa shape index (κ2) is 4.59. The number of rotatable bonds is 3. The molecule has 5 aliphatic rings. The van der Waals surface area contributed by atoms with Crippen LogP contribution in [0.1, 0.15) is 67.0 Å². The first-order chi connectivity index (χ1) is 10.7. The Balaban J connectivity index is 1.34. The Bertz CT molecular complexity index is 588. The monoisotopic (exact) mass is 299 g/mol. The third kappa shape index (κ3) is 2.03. The molecule has 118 valence electrons. The van der Waals surface area contributed by atoms with Crippen molar-refractivity contribution in [3.63, 3.8) is 0 Å². The number of hydrogen-bond donors (Lipinski definition) is 1. The largest absolute Gasteiger partial charge is 0.347 e. The molecule has 1 aromatic heterocycles. The minimum absolute atomic E-state index is 0.0966. The molecule has 0 unspecified atom stereocenters. The molecule has 1 amide bonds. The zero-order valence-electron chi connectivity index (χ0n) is 13.3.